The van der Waals surface area contributed by atoms with Crippen molar-refractivity contribution in [2.45, 2.75) is 205 Å². The average Bonchev–Trinajstić information content (AvgIpc) is 3.03. The zero-order valence-electron chi connectivity index (χ0n) is 28.9. The number of aliphatic hydroxyl groups excluding tert-OH is 4. The Kier molecular flexibility index (Phi) is 32.2. The molecule has 0 bridgehead atoms. The molecule has 0 rings (SSSR count). The highest BCUT2D eigenvalue weighted by molar-refractivity contribution is 5.80. The van der Waals surface area contributed by atoms with Gasteiger partial charge in [0, 0.05) is 0 Å². The first kappa shape index (κ1) is 42.8. The van der Waals surface area contributed by atoms with E-state index < -0.39 is 36.9 Å². The molecular weight excluding hydrogens is 550 g/mol. The van der Waals surface area contributed by atoms with Crippen molar-refractivity contribution in [3.05, 3.63) is 24.3 Å². The molecule has 6 nitrogen and oxygen atoms in total. The first-order valence-corrected chi connectivity index (χ1v) is 18.7. The SMILES string of the molecule is CCCCC/C=C\C/C=C\CCCCCCCCC(O)C(=O)NC(CO)C(O)C(O)CCCCCCCCCCCCCC. The molecule has 4 unspecified atom stereocenters. The van der Waals surface area contributed by atoms with Crippen LogP contribution in [0.25, 0.3) is 0 Å². The second kappa shape index (κ2) is 33.2. The molecule has 44 heavy (non-hydrogen) atoms. The van der Waals surface area contributed by atoms with Gasteiger partial charge in [-0.1, -0.05) is 160 Å². The summed E-state index contributed by atoms with van der Waals surface area (Å²) in [6.07, 6.45) is 34.7. The fourth-order valence-electron chi connectivity index (χ4n) is 5.61. The molecule has 0 radical (unpaired) electrons. The number of amides is 1. The lowest BCUT2D eigenvalue weighted by molar-refractivity contribution is -0.132. The summed E-state index contributed by atoms with van der Waals surface area (Å²) in [5, 5.41) is 43.4. The highest BCUT2D eigenvalue weighted by Gasteiger charge is 2.28. The first-order chi connectivity index (χ1) is 21.5. The molecule has 0 fully saturated rings. The monoisotopic (exact) mass is 624 g/mol. The molecule has 0 heterocycles. The first-order valence-electron chi connectivity index (χ1n) is 18.7. The van der Waals surface area contributed by atoms with Crippen LogP contribution < -0.4 is 5.32 Å². The Morgan fingerprint density at radius 1 is 0.568 bits per heavy atom. The van der Waals surface area contributed by atoms with Crippen LogP contribution in [0.5, 0.6) is 0 Å². The smallest absolute Gasteiger partial charge is 0.249 e. The lowest BCUT2D eigenvalue weighted by atomic mass is 9.99. The minimum absolute atomic E-state index is 0.357. The van der Waals surface area contributed by atoms with Crippen LogP contribution in [0.3, 0.4) is 0 Å². The number of allylic oxidation sites excluding steroid dienone is 4. The summed E-state index contributed by atoms with van der Waals surface area (Å²) in [6.45, 7) is 3.99. The largest absolute Gasteiger partial charge is 0.394 e. The summed E-state index contributed by atoms with van der Waals surface area (Å²) in [6, 6.07) is -0.986. The molecule has 0 aliphatic heterocycles. The van der Waals surface area contributed by atoms with E-state index in [2.05, 4.69) is 43.5 Å². The van der Waals surface area contributed by atoms with E-state index in [4.69, 9.17) is 0 Å². The summed E-state index contributed by atoms with van der Waals surface area (Å²) < 4.78 is 0. The Balaban J connectivity index is 3.84. The minimum Gasteiger partial charge on any atom is -0.394 e. The third-order valence-corrected chi connectivity index (χ3v) is 8.67. The van der Waals surface area contributed by atoms with Gasteiger partial charge in [0.05, 0.1) is 18.8 Å². The second-order valence-corrected chi connectivity index (χ2v) is 12.9. The van der Waals surface area contributed by atoms with E-state index in [0.717, 1.165) is 57.8 Å². The van der Waals surface area contributed by atoms with E-state index in [1.165, 1.54) is 96.3 Å². The van der Waals surface area contributed by atoms with Crippen molar-refractivity contribution in [2.24, 2.45) is 0 Å². The quantitative estimate of drug-likeness (QED) is 0.0371. The number of carbonyl (C=O) groups excluding carboxylic acids is 1. The number of aliphatic hydroxyl groups is 4. The second-order valence-electron chi connectivity index (χ2n) is 12.9. The molecule has 4 atom stereocenters. The Morgan fingerprint density at radius 3 is 1.48 bits per heavy atom. The Morgan fingerprint density at radius 2 is 0.977 bits per heavy atom. The predicted octanol–water partition coefficient (Wildman–Crippen LogP) is 8.84. The van der Waals surface area contributed by atoms with Gasteiger partial charge in [-0.25, -0.2) is 0 Å². The molecule has 5 N–H and O–H groups in total. The van der Waals surface area contributed by atoms with Crippen molar-refractivity contribution in [1.82, 2.24) is 5.32 Å². The highest BCUT2D eigenvalue weighted by Crippen LogP contribution is 2.15. The maximum absolute atomic E-state index is 12.4. The van der Waals surface area contributed by atoms with Gasteiger partial charge in [-0.3, -0.25) is 4.79 Å². The fourth-order valence-corrected chi connectivity index (χ4v) is 5.61. The van der Waals surface area contributed by atoms with E-state index >= 15 is 0 Å². The summed E-state index contributed by atoms with van der Waals surface area (Å²) in [5.74, 6) is -0.594. The molecule has 0 spiro atoms. The van der Waals surface area contributed by atoms with Crippen LogP contribution in [-0.4, -0.2) is 57.3 Å². The molecule has 1 amide bonds. The number of hydrogen-bond donors (Lipinski definition) is 5. The van der Waals surface area contributed by atoms with Crippen LogP contribution in [0, 0.1) is 0 Å². The van der Waals surface area contributed by atoms with Crippen molar-refractivity contribution in [1.29, 1.82) is 0 Å². The van der Waals surface area contributed by atoms with Crippen LogP contribution in [0.15, 0.2) is 24.3 Å². The van der Waals surface area contributed by atoms with Gasteiger partial charge in [-0.05, 0) is 44.9 Å². The van der Waals surface area contributed by atoms with Gasteiger partial charge in [0.2, 0.25) is 5.91 Å². The third-order valence-electron chi connectivity index (χ3n) is 8.67. The topological polar surface area (TPSA) is 110 Å². The molecule has 0 saturated carbocycles. The van der Waals surface area contributed by atoms with Crippen molar-refractivity contribution < 1.29 is 25.2 Å². The van der Waals surface area contributed by atoms with Gasteiger partial charge in [0.1, 0.15) is 12.2 Å². The average molecular weight is 624 g/mol. The fraction of sp³-hybridized carbons (Fsp3) is 0.868. The van der Waals surface area contributed by atoms with Crippen LogP contribution in [-0.2, 0) is 4.79 Å². The lowest BCUT2D eigenvalue weighted by Gasteiger charge is -2.27. The van der Waals surface area contributed by atoms with Gasteiger partial charge < -0.3 is 25.7 Å². The van der Waals surface area contributed by atoms with Crippen molar-refractivity contribution in [3.63, 3.8) is 0 Å². The van der Waals surface area contributed by atoms with Crippen LogP contribution >= 0.6 is 0 Å². The molecule has 0 aromatic carbocycles. The highest BCUT2D eigenvalue weighted by atomic mass is 16.3. The molecule has 6 heteroatoms. The number of carbonyl (C=O) groups is 1. The van der Waals surface area contributed by atoms with Crippen molar-refractivity contribution >= 4 is 5.91 Å². The Labute approximate surface area is 272 Å². The molecule has 0 aliphatic rings. The van der Waals surface area contributed by atoms with E-state index in [9.17, 15) is 25.2 Å². The van der Waals surface area contributed by atoms with Crippen LogP contribution in [0.4, 0.5) is 0 Å². The molecular formula is C38H73NO5. The van der Waals surface area contributed by atoms with Gasteiger partial charge in [0.25, 0.3) is 0 Å². The van der Waals surface area contributed by atoms with Crippen LogP contribution in [0.1, 0.15) is 181 Å². The van der Waals surface area contributed by atoms with Gasteiger partial charge in [-0.2, -0.15) is 0 Å². The van der Waals surface area contributed by atoms with Crippen molar-refractivity contribution in [2.75, 3.05) is 6.61 Å². The number of rotatable bonds is 33. The minimum atomic E-state index is -1.26. The van der Waals surface area contributed by atoms with E-state index in [1.807, 2.05) is 0 Å². The van der Waals surface area contributed by atoms with Gasteiger partial charge in [0.15, 0.2) is 0 Å². The zero-order valence-corrected chi connectivity index (χ0v) is 28.9. The number of unbranched alkanes of at least 4 members (excludes halogenated alkanes) is 20. The molecule has 0 aliphatic carbocycles. The van der Waals surface area contributed by atoms with Gasteiger partial charge in [-0.15, -0.1) is 0 Å². The summed E-state index contributed by atoms with van der Waals surface area (Å²) in [4.78, 5) is 12.4. The van der Waals surface area contributed by atoms with E-state index in [-0.39, 0.29) is 0 Å². The van der Waals surface area contributed by atoms with E-state index in [0.29, 0.717) is 12.8 Å². The number of hydrogen-bond acceptors (Lipinski definition) is 5. The third kappa shape index (κ3) is 27.1. The van der Waals surface area contributed by atoms with Crippen molar-refractivity contribution in [3.8, 4) is 0 Å². The molecule has 0 saturated heterocycles. The Hall–Kier alpha value is -1.21. The summed E-state index contributed by atoms with van der Waals surface area (Å²) in [7, 11) is 0. The standard InChI is InChI=1S/C38H73NO5/c1-3-5-7-9-11-13-15-17-18-19-20-22-24-26-28-30-32-36(42)38(44)39-34(33-40)37(43)35(41)31-29-27-25-23-21-16-14-12-10-8-6-4-2/h11,13,17-18,34-37,40-43H,3-10,12,14-16,19-33H2,1-2H3,(H,39,44)/b13-11-,18-17-. The van der Waals surface area contributed by atoms with Crippen LogP contribution in [0.2, 0.25) is 0 Å². The maximum Gasteiger partial charge on any atom is 0.249 e. The molecule has 260 valence electrons. The normalized spacial score (nSPS) is 14.8. The Bertz CT molecular complexity index is 668. The predicted molar refractivity (Wildman–Crippen MR) is 187 cm³/mol. The maximum atomic E-state index is 12.4. The molecule has 0 aromatic heterocycles. The molecule has 0 aromatic rings. The van der Waals surface area contributed by atoms with E-state index in [1.54, 1.807) is 0 Å². The number of nitrogens with one attached hydrogen (secondary N) is 1. The zero-order chi connectivity index (χ0) is 32.5. The van der Waals surface area contributed by atoms with Gasteiger partial charge >= 0.3 is 0 Å². The lowest BCUT2D eigenvalue weighted by Crippen LogP contribution is -2.53. The summed E-state index contributed by atoms with van der Waals surface area (Å²) in [5.41, 5.74) is 0. The summed E-state index contributed by atoms with van der Waals surface area (Å²) >= 11 is 0.